The summed E-state index contributed by atoms with van der Waals surface area (Å²) < 4.78 is 0. The zero-order chi connectivity index (χ0) is 12.7. The standard InChI is InChI=1S/C12H12N2O3/c1-13-7-3-2-4-10-5-6-11(9-15)12(8-10)14(16)17/h5-6,8-9,13H,3,7H2,1H3. The Bertz CT molecular complexity index is 486. The molecule has 1 aromatic carbocycles. The van der Waals surface area contributed by atoms with E-state index in [1.807, 2.05) is 7.05 Å². The molecule has 0 unspecified atom stereocenters. The van der Waals surface area contributed by atoms with Gasteiger partial charge in [-0.15, -0.1) is 0 Å². The van der Waals surface area contributed by atoms with Gasteiger partial charge in [0.2, 0.25) is 0 Å². The molecule has 1 rings (SSSR count). The van der Waals surface area contributed by atoms with Crippen LogP contribution in [0.4, 0.5) is 5.69 Å². The fraction of sp³-hybridized carbons (Fsp3) is 0.250. The summed E-state index contributed by atoms with van der Waals surface area (Å²) in [5.74, 6) is 5.70. The summed E-state index contributed by atoms with van der Waals surface area (Å²) in [6, 6.07) is 4.33. The van der Waals surface area contributed by atoms with Gasteiger partial charge in [-0.05, 0) is 19.2 Å². The molecule has 0 aromatic heterocycles. The normalized spacial score (nSPS) is 9.24. The molecule has 1 aromatic rings. The zero-order valence-corrected chi connectivity index (χ0v) is 9.40. The van der Waals surface area contributed by atoms with E-state index in [0.717, 1.165) is 6.54 Å². The van der Waals surface area contributed by atoms with Crippen LogP contribution in [0.2, 0.25) is 0 Å². The van der Waals surface area contributed by atoms with Gasteiger partial charge in [-0.1, -0.05) is 11.8 Å². The Kier molecular flexibility index (Phi) is 4.85. The molecule has 1 N–H and O–H groups in total. The van der Waals surface area contributed by atoms with Crippen molar-refractivity contribution in [3.05, 3.63) is 39.4 Å². The predicted octanol–water partition coefficient (Wildman–Crippen LogP) is 1.37. The van der Waals surface area contributed by atoms with Crippen molar-refractivity contribution >= 4 is 12.0 Å². The lowest BCUT2D eigenvalue weighted by Gasteiger charge is -1.96. The Morgan fingerprint density at radius 3 is 2.88 bits per heavy atom. The molecule has 0 saturated carbocycles. The highest BCUT2D eigenvalue weighted by molar-refractivity contribution is 5.81. The summed E-state index contributed by atoms with van der Waals surface area (Å²) in [7, 11) is 1.82. The van der Waals surface area contributed by atoms with Crippen LogP contribution in [0.5, 0.6) is 0 Å². The molecule has 5 heteroatoms. The molecule has 0 aliphatic rings. The van der Waals surface area contributed by atoms with Crippen LogP contribution in [0, 0.1) is 22.0 Å². The van der Waals surface area contributed by atoms with E-state index in [4.69, 9.17) is 0 Å². The van der Waals surface area contributed by atoms with Crippen molar-refractivity contribution in [1.29, 1.82) is 0 Å². The number of hydrogen-bond donors (Lipinski definition) is 1. The van der Waals surface area contributed by atoms with Crippen LogP contribution in [0.15, 0.2) is 18.2 Å². The quantitative estimate of drug-likeness (QED) is 0.280. The van der Waals surface area contributed by atoms with Crippen LogP contribution < -0.4 is 5.32 Å². The number of nitro benzene ring substituents is 1. The van der Waals surface area contributed by atoms with Crippen molar-refractivity contribution in [3.8, 4) is 11.8 Å². The second-order valence-corrected chi connectivity index (χ2v) is 3.30. The van der Waals surface area contributed by atoms with Crippen LogP contribution in [0.25, 0.3) is 0 Å². The number of benzene rings is 1. The van der Waals surface area contributed by atoms with E-state index in [2.05, 4.69) is 17.2 Å². The van der Waals surface area contributed by atoms with Crippen LogP contribution in [0.1, 0.15) is 22.3 Å². The molecule has 0 fully saturated rings. The van der Waals surface area contributed by atoms with E-state index in [0.29, 0.717) is 18.3 Å². The maximum atomic E-state index is 10.7. The van der Waals surface area contributed by atoms with Crippen molar-refractivity contribution in [2.45, 2.75) is 6.42 Å². The molecule has 0 heterocycles. The number of rotatable bonds is 4. The highest BCUT2D eigenvalue weighted by Gasteiger charge is 2.12. The third-order valence-electron chi connectivity index (χ3n) is 2.09. The first-order valence-corrected chi connectivity index (χ1v) is 5.06. The van der Waals surface area contributed by atoms with E-state index >= 15 is 0 Å². The smallest absolute Gasteiger partial charge is 0.281 e. The van der Waals surface area contributed by atoms with Crippen LogP contribution >= 0.6 is 0 Å². The Hall–Kier alpha value is -2.19. The van der Waals surface area contributed by atoms with Crippen molar-refractivity contribution < 1.29 is 9.72 Å². The summed E-state index contributed by atoms with van der Waals surface area (Å²) in [6.07, 6.45) is 1.13. The van der Waals surface area contributed by atoms with Gasteiger partial charge >= 0.3 is 0 Å². The molecule has 88 valence electrons. The minimum Gasteiger partial charge on any atom is -0.319 e. The third-order valence-corrected chi connectivity index (χ3v) is 2.09. The van der Waals surface area contributed by atoms with Gasteiger partial charge in [0.05, 0.1) is 10.5 Å². The van der Waals surface area contributed by atoms with Crippen molar-refractivity contribution in [1.82, 2.24) is 5.32 Å². The average Bonchev–Trinajstić information content (AvgIpc) is 2.34. The maximum absolute atomic E-state index is 10.7. The lowest BCUT2D eigenvalue weighted by molar-refractivity contribution is -0.385. The van der Waals surface area contributed by atoms with Gasteiger partial charge in [-0.3, -0.25) is 14.9 Å². The Labute approximate surface area is 99.0 Å². The highest BCUT2D eigenvalue weighted by atomic mass is 16.6. The van der Waals surface area contributed by atoms with Gasteiger partial charge in [-0.25, -0.2) is 0 Å². The molecule has 0 saturated heterocycles. The molecule has 0 amide bonds. The Morgan fingerprint density at radius 2 is 2.29 bits per heavy atom. The fourth-order valence-electron chi connectivity index (χ4n) is 1.23. The first-order valence-electron chi connectivity index (χ1n) is 5.06. The molecule has 0 aliphatic heterocycles. The average molecular weight is 232 g/mol. The molecule has 0 spiro atoms. The molecular formula is C12H12N2O3. The molecule has 0 bridgehead atoms. The lowest BCUT2D eigenvalue weighted by Crippen LogP contribution is -2.05. The van der Waals surface area contributed by atoms with E-state index in [9.17, 15) is 14.9 Å². The maximum Gasteiger partial charge on any atom is 0.281 e. The second kappa shape index (κ2) is 6.40. The number of carbonyl (C=O) groups is 1. The zero-order valence-electron chi connectivity index (χ0n) is 9.40. The van der Waals surface area contributed by atoms with Gasteiger partial charge in [0.15, 0.2) is 6.29 Å². The summed E-state index contributed by atoms with van der Waals surface area (Å²) in [6.45, 7) is 0.765. The fourth-order valence-corrected chi connectivity index (χ4v) is 1.23. The van der Waals surface area contributed by atoms with Gasteiger partial charge in [-0.2, -0.15) is 0 Å². The summed E-state index contributed by atoms with van der Waals surface area (Å²) in [5.41, 5.74) is 0.398. The van der Waals surface area contributed by atoms with Crippen LogP contribution in [-0.4, -0.2) is 24.8 Å². The van der Waals surface area contributed by atoms with Gasteiger partial charge in [0.1, 0.15) is 0 Å². The van der Waals surface area contributed by atoms with Crippen molar-refractivity contribution in [2.24, 2.45) is 0 Å². The first-order chi connectivity index (χ1) is 8.19. The molecule has 0 atom stereocenters. The number of nitrogens with one attached hydrogen (secondary N) is 1. The predicted molar refractivity (Wildman–Crippen MR) is 63.9 cm³/mol. The van der Waals surface area contributed by atoms with Crippen LogP contribution in [-0.2, 0) is 0 Å². The van der Waals surface area contributed by atoms with E-state index in [1.54, 1.807) is 6.07 Å². The highest BCUT2D eigenvalue weighted by Crippen LogP contribution is 2.18. The van der Waals surface area contributed by atoms with E-state index in [1.165, 1.54) is 12.1 Å². The van der Waals surface area contributed by atoms with Crippen molar-refractivity contribution in [3.63, 3.8) is 0 Å². The monoisotopic (exact) mass is 232 g/mol. The second-order valence-electron chi connectivity index (χ2n) is 3.30. The van der Waals surface area contributed by atoms with Gasteiger partial charge in [0, 0.05) is 24.6 Å². The van der Waals surface area contributed by atoms with Gasteiger partial charge < -0.3 is 5.32 Å². The number of nitrogens with zero attached hydrogens (tertiary/aromatic N) is 1. The Balaban J connectivity index is 2.95. The number of nitro groups is 1. The first kappa shape index (κ1) is 12.9. The minimum atomic E-state index is -0.581. The van der Waals surface area contributed by atoms with Crippen molar-refractivity contribution in [2.75, 3.05) is 13.6 Å². The number of hydrogen-bond acceptors (Lipinski definition) is 4. The van der Waals surface area contributed by atoms with E-state index < -0.39 is 4.92 Å². The number of aldehydes is 1. The third kappa shape index (κ3) is 3.70. The van der Waals surface area contributed by atoms with Crippen LogP contribution in [0.3, 0.4) is 0 Å². The molecule has 17 heavy (non-hydrogen) atoms. The summed E-state index contributed by atoms with van der Waals surface area (Å²) >= 11 is 0. The lowest BCUT2D eigenvalue weighted by atomic mass is 10.1. The Morgan fingerprint density at radius 1 is 1.53 bits per heavy atom. The largest absolute Gasteiger partial charge is 0.319 e. The van der Waals surface area contributed by atoms with E-state index in [-0.39, 0.29) is 11.3 Å². The molecule has 5 nitrogen and oxygen atoms in total. The summed E-state index contributed by atoms with van der Waals surface area (Å²) in [4.78, 5) is 20.7. The topological polar surface area (TPSA) is 72.2 Å². The molecular weight excluding hydrogens is 220 g/mol. The number of carbonyl (C=O) groups excluding carboxylic acids is 1. The van der Waals surface area contributed by atoms with Gasteiger partial charge in [0.25, 0.3) is 5.69 Å². The minimum absolute atomic E-state index is 0.0655. The SMILES string of the molecule is CNCCC#Cc1ccc(C=O)c([N+](=O)[O-])c1. The molecule has 0 radical (unpaired) electrons. The summed E-state index contributed by atoms with van der Waals surface area (Å²) in [5, 5.41) is 13.6. The molecule has 0 aliphatic carbocycles.